The molecule has 1 atom stereocenters. The van der Waals surface area contributed by atoms with Crippen LogP contribution in [0.2, 0.25) is 0 Å². The minimum absolute atomic E-state index is 0.157. The van der Waals surface area contributed by atoms with Crippen molar-refractivity contribution in [2.45, 2.75) is 17.9 Å². The molecule has 1 unspecified atom stereocenters. The van der Waals surface area contributed by atoms with Crippen molar-refractivity contribution >= 4 is 26.8 Å². The Morgan fingerprint density at radius 3 is 2.65 bits per heavy atom. The molecule has 5 heteroatoms. The molecule has 1 N–H and O–H groups in total. The smallest absolute Gasteiger partial charge is 0.330 e. The zero-order valence-electron chi connectivity index (χ0n) is 8.99. The van der Waals surface area contributed by atoms with E-state index in [1.165, 1.54) is 12.1 Å². The molecule has 90 valence electrons. The standard InChI is InChI=1S/C12H10BrF2NO/c1-7-2-3-8-6-9(4-5-10(8)16-7)11(17)12(13,14)15/h2-6,11,17H,1H3. The summed E-state index contributed by atoms with van der Waals surface area (Å²) in [4.78, 5) is 0.923. The summed E-state index contributed by atoms with van der Waals surface area (Å²) in [6.07, 6.45) is -1.87. The number of alkyl halides is 3. The quantitative estimate of drug-likeness (QED) is 0.860. The third-order valence-corrected chi connectivity index (χ3v) is 2.91. The number of hydrogen-bond donors (Lipinski definition) is 1. The number of aromatic nitrogens is 1. The summed E-state index contributed by atoms with van der Waals surface area (Å²) in [6, 6.07) is 8.18. The summed E-state index contributed by atoms with van der Waals surface area (Å²) in [6.45, 7) is 1.86. The molecular formula is C12H10BrF2NO. The fourth-order valence-corrected chi connectivity index (χ4v) is 1.87. The molecule has 17 heavy (non-hydrogen) atoms. The van der Waals surface area contributed by atoms with Crippen LogP contribution in [0.4, 0.5) is 8.78 Å². The number of aryl methyl sites for hydroxylation is 1. The maximum Gasteiger partial charge on any atom is 0.330 e. The summed E-state index contributed by atoms with van der Waals surface area (Å²) in [7, 11) is 0. The number of aliphatic hydroxyl groups is 1. The summed E-state index contributed by atoms with van der Waals surface area (Å²) >= 11 is 2.16. The van der Waals surface area contributed by atoms with E-state index in [4.69, 9.17) is 0 Å². The molecule has 2 aromatic rings. The third-order valence-electron chi connectivity index (χ3n) is 2.48. The van der Waals surface area contributed by atoms with Gasteiger partial charge in [0.25, 0.3) is 0 Å². The Labute approximate surface area is 105 Å². The van der Waals surface area contributed by atoms with Crippen molar-refractivity contribution < 1.29 is 13.9 Å². The maximum atomic E-state index is 12.9. The third kappa shape index (κ3) is 2.61. The van der Waals surface area contributed by atoms with Gasteiger partial charge >= 0.3 is 4.83 Å². The Hall–Kier alpha value is -1.07. The molecule has 1 heterocycles. The second-order valence-corrected chi connectivity index (χ2v) is 4.91. The van der Waals surface area contributed by atoms with E-state index in [0.29, 0.717) is 0 Å². The van der Waals surface area contributed by atoms with Gasteiger partial charge in [0.2, 0.25) is 0 Å². The number of aliphatic hydroxyl groups excluding tert-OH is 1. The minimum atomic E-state index is -3.33. The summed E-state index contributed by atoms with van der Waals surface area (Å²) in [5.41, 5.74) is 1.74. The molecule has 0 fully saturated rings. The first kappa shape index (κ1) is 12.4. The van der Waals surface area contributed by atoms with Gasteiger partial charge in [-0.15, -0.1) is 0 Å². The van der Waals surface area contributed by atoms with Crippen LogP contribution in [0.5, 0.6) is 0 Å². The van der Waals surface area contributed by atoms with Gasteiger partial charge in [0.05, 0.1) is 5.52 Å². The molecule has 0 aliphatic heterocycles. The zero-order chi connectivity index (χ0) is 12.6. The van der Waals surface area contributed by atoms with Crippen molar-refractivity contribution in [2.24, 2.45) is 0 Å². The summed E-state index contributed by atoms with van der Waals surface area (Å²) < 4.78 is 25.8. The molecule has 0 saturated heterocycles. The Balaban J connectivity index is 2.48. The van der Waals surface area contributed by atoms with Crippen LogP contribution in [0.25, 0.3) is 10.9 Å². The SMILES string of the molecule is Cc1ccc2cc(C(O)C(F)(F)Br)ccc2n1. The van der Waals surface area contributed by atoms with Gasteiger partial charge in [-0.05, 0) is 46.6 Å². The van der Waals surface area contributed by atoms with Crippen LogP contribution in [0.1, 0.15) is 17.4 Å². The van der Waals surface area contributed by atoms with Crippen molar-refractivity contribution in [1.82, 2.24) is 4.98 Å². The minimum Gasteiger partial charge on any atom is -0.381 e. The molecule has 0 amide bonds. The second-order valence-electron chi connectivity index (χ2n) is 3.85. The van der Waals surface area contributed by atoms with Crippen LogP contribution in [0.3, 0.4) is 0 Å². The van der Waals surface area contributed by atoms with Crippen molar-refractivity contribution in [3.63, 3.8) is 0 Å². The molecule has 0 aliphatic carbocycles. The van der Waals surface area contributed by atoms with E-state index >= 15 is 0 Å². The lowest BCUT2D eigenvalue weighted by molar-refractivity contribution is -0.0293. The lowest BCUT2D eigenvalue weighted by Crippen LogP contribution is -2.18. The van der Waals surface area contributed by atoms with Crippen LogP contribution in [-0.4, -0.2) is 14.9 Å². The van der Waals surface area contributed by atoms with Gasteiger partial charge in [-0.2, -0.15) is 8.78 Å². The van der Waals surface area contributed by atoms with Crippen LogP contribution < -0.4 is 0 Å². The highest BCUT2D eigenvalue weighted by atomic mass is 79.9. The topological polar surface area (TPSA) is 33.1 Å². The van der Waals surface area contributed by atoms with Gasteiger partial charge in [0, 0.05) is 11.1 Å². The molecule has 2 nitrogen and oxygen atoms in total. The van der Waals surface area contributed by atoms with Crippen LogP contribution in [0.15, 0.2) is 30.3 Å². The summed E-state index contributed by atoms with van der Waals surface area (Å²) in [5, 5.41) is 10.2. The average molecular weight is 302 g/mol. The van der Waals surface area contributed by atoms with Crippen molar-refractivity contribution in [2.75, 3.05) is 0 Å². The normalized spacial score (nSPS) is 13.9. The van der Waals surface area contributed by atoms with E-state index in [0.717, 1.165) is 16.6 Å². The molecule has 0 radical (unpaired) electrons. The first-order valence-corrected chi connectivity index (χ1v) is 5.79. The number of rotatable bonds is 2. The number of halogens is 3. The number of fused-ring (bicyclic) bond motifs is 1. The molecule has 1 aromatic carbocycles. The second kappa shape index (κ2) is 4.31. The van der Waals surface area contributed by atoms with E-state index in [-0.39, 0.29) is 5.56 Å². The monoisotopic (exact) mass is 301 g/mol. The molecule has 0 bridgehead atoms. The lowest BCUT2D eigenvalue weighted by Gasteiger charge is -2.17. The first-order chi connectivity index (χ1) is 7.88. The van der Waals surface area contributed by atoms with E-state index in [1.54, 1.807) is 18.2 Å². The molecule has 0 saturated carbocycles. The molecule has 2 rings (SSSR count). The zero-order valence-corrected chi connectivity index (χ0v) is 10.6. The van der Waals surface area contributed by atoms with Gasteiger partial charge in [-0.3, -0.25) is 4.98 Å². The molecular weight excluding hydrogens is 292 g/mol. The Kier molecular flexibility index (Phi) is 3.14. The Morgan fingerprint density at radius 2 is 2.00 bits per heavy atom. The highest BCUT2D eigenvalue weighted by Crippen LogP contribution is 2.37. The Bertz CT molecular complexity index is 554. The van der Waals surface area contributed by atoms with Crippen molar-refractivity contribution in [3.8, 4) is 0 Å². The van der Waals surface area contributed by atoms with Crippen LogP contribution in [-0.2, 0) is 0 Å². The Morgan fingerprint density at radius 1 is 1.29 bits per heavy atom. The van der Waals surface area contributed by atoms with Crippen LogP contribution in [0, 0.1) is 6.92 Å². The van der Waals surface area contributed by atoms with E-state index in [2.05, 4.69) is 20.9 Å². The first-order valence-electron chi connectivity index (χ1n) is 5.00. The summed E-state index contributed by atoms with van der Waals surface area (Å²) in [5.74, 6) is 0. The maximum absolute atomic E-state index is 12.9. The number of pyridine rings is 1. The van der Waals surface area contributed by atoms with E-state index in [9.17, 15) is 13.9 Å². The lowest BCUT2D eigenvalue weighted by atomic mass is 10.1. The fourth-order valence-electron chi connectivity index (χ4n) is 1.61. The fraction of sp³-hybridized carbons (Fsp3) is 0.250. The van der Waals surface area contributed by atoms with Gasteiger partial charge in [-0.1, -0.05) is 12.1 Å². The van der Waals surface area contributed by atoms with Crippen LogP contribution >= 0.6 is 15.9 Å². The number of benzene rings is 1. The van der Waals surface area contributed by atoms with Gasteiger partial charge in [-0.25, -0.2) is 0 Å². The van der Waals surface area contributed by atoms with E-state index < -0.39 is 10.9 Å². The highest BCUT2D eigenvalue weighted by Gasteiger charge is 2.36. The molecule has 0 aliphatic rings. The van der Waals surface area contributed by atoms with E-state index in [1.807, 2.05) is 6.92 Å². The molecule has 0 spiro atoms. The highest BCUT2D eigenvalue weighted by molar-refractivity contribution is 9.10. The number of nitrogens with zero attached hydrogens (tertiary/aromatic N) is 1. The predicted octanol–water partition coefficient (Wildman–Crippen LogP) is 3.56. The average Bonchev–Trinajstić information content (AvgIpc) is 2.26. The largest absolute Gasteiger partial charge is 0.381 e. The van der Waals surface area contributed by atoms with Crippen molar-refractivity contribution in [3.05, 3.63) is 41.6 Å². The number of hydrogen-bond acceptors (Lipinski definition) is 2. The predicted molar refractivity (Wildman–Crippen MR) is 65.3 cm³/mol. The van der Waals surface area contributed by atoms with Gasteiger partial charge in [0.15, 0.2) is 6.10 Å². The van der Waals surface area contributed by atoms with Gasteiger partial charge in [0.1, 0.15) is 0 Å². The van der Waals surface area contributed by atoms with Crippen molar-refractivity contribution in [1.29, 1.82) is 0 Å². The van der Waals surface area contributed by atoms with Gasteiger partial charge < -0.3 is 5.11 Å². The molecule has 1 aromatic heterocycles.